The van der Waals surface area contributed by atoms with Gasteiger partial charge in [0.05, 0.1) is 24.4 Å². The molecule has 4 atom stereocenters. The van der Waals surface area contributed by atoms with Crippen molar-refractivity contribution in [3.63, 3.8) is 0 Å². The smallest absolute Gasteiger partial charge is 0.270 e. The second-order valence-electron chi connectivity index (χ2n) is 10.3. The van der Waals surface area contributed by atoms with Crippen LogP contribution in [0, 0.1) is 11.3 Å². The van der Waals surface area contributed by atoms with E-state index in [1.165, 1.54) is 9.08 Å². The van der Waals surface area contributed by atoms with E-state index in [9.17, 15) is 19.5 Å². The molecule has 6 rings (SSSR count). The summed E-state index contributed by atoms with van der Waals surface area (Å²) in [6.07, 6.45) is 7.48. The summed E-state index contributed by atoms with van der Waals surface area (Å²) in [6, 6.07) is 1.99. The molecule has 3 N–H and O–H groups in total. The maximum absolute atomic E-state index is 13.0. The Kier molecular flexibility index (Phi) is 4.30. The van der Waals surface area contributed by atoms with E-state index in [0.717, 1.165) is 31.4 Å². The second kappa shape index (κ2) is 6.93. The Hall–Kier alpha value is -3.14. The number of fused-ring (bicyclic) bond motifs is 3. The molecule has 4 heterocycles. The van der Waals surface area contributed by atoms with E-state index in [2.05, 4.69) is 12.0 Å². The average Bonchev–Trinajstić information content (AvgIpc) is 3.50. The number of morpholine rings is 1. The molecule has 2 aliphatic heterocycles. The van der Waals surface area contributed by atoms with E-state index in [-0.39, 0.29) is 35.3 Å². The minimum Gasteiger partial charge on any atom is -0.492 e. The van der Waals surface area contributed by atoms with Crippen LogP contribution in [0.25, 0.3) is 5.65 Å². The molecule has 0 aromatic carbocycles. The quantitative estimate of drug-likeness (QED) is 0.621. The summed E-state index contributed by atoms with van der Waals surface area (Å²) in [5.74, 6) is -1.24. The summed E-state index contributed by atoms with van der Waals surface area (Å²) < 4.78 is 8.30. The second-order valence-corrected chi connectivity index (χ2v) is 10.3. The first kappa shape index (κ1) is 20.5. The van der Waals surface area contributed by atoms with E-state index in [4.69, 9.17) is 10.5 Å². The third-order valence-corrected chi connectivity index (χ3v) is 7.65. The Labute approximate surface area is 189 Å². The number of carbonyl (C=O) groups excluding carboxylic acids is 2. The normalized spacial score (nSPS) is 29.3. The average molecular weight is 453 g/mol. The van der Waals surface area contributed by atoms with E-state index >= 15 is 0 Å². The summed E-state index contributed by atoms with van der Waals surface area (Å²) >= 11 is 0. The lowest BCUT2D eigenvalue weighted by atomic mass is 10.1. The number of nitrogens with zero attached hydrogens (tertiary/aromatic N) is 4. The van der Waals surface area contributed by atoms with Crippen LogP contribution in [0.5, 0.6) is 5.88 Å². The highest BCUT2D eigenvalue weighted by Crippen LogP contribution is 2.49. The summed E-state index contributed by atoms with van der Waals surface area (Å²) in [7, 11) is 0. The fourth-order valence-corrected chi connectivity index (χ4v) is 5.22. The van der Waals surface area contributed by atoms with Crippen LogP contribution in [0.3, 0.4) is 0 Å². The lowest BCUT2D eigenvalue weighted by Crippen LogP contribution is -2.40. The van der Waals surface area contributed by atoms with Crippen LogP contribution in [0.4, 0.5) is 0 Å². The van der Waals surface area contributed by atoms with Gasteiger partial charge in [0.2, 0.25) is 11.8 Å². The van der Waals surface area contributed by atoms with E-state index in [1.54, 1.807) is 12.1 Å². The monoisotopic (exact) mass is 453 g/mol. The summed E-state index contributed by atoms with van der Waals surface area (Å²) in [6.45, 7) is 3.80. The molecule has 2 bridgehead atoms. The molecule has 10 nitrogen and oxygen atoms in total. The van der Waals surface area contributed by atoms with Crippen LogP contribution in [0.15, 0.2) is 23.0 Å². The Bertz CT molecular complexity index is 1270. The summed E-state index contributed by atoms with van der Waals surface area (Å²) in [5.41, 5.74) is 5.52. The van der Waals surface area contributed by atoms with Crippen molar-refractivity contribution in [3.05, 3.63) is 39.8 Å². The van der Waals surface area contributed by atoms with Gasteiger partial charge in [-0.25, -0.2) is 0 Å². The van der Waals surface area contributed by atoms with Gasteiger partial charge in [-0.3, -0.25) is 19.0 Å². The van der Waals surface area contributed by atoms with Crippen molar-refractivity contribution in [2.75, 3.05) is 13.2 Å². The van der Waals surface area contributed by atoms with Gasteiger partial charge >= 0.3 is 0 Å². The lowest BCUT2D eigenvalue weighted by molar-refractivity contribution is -0.130. The summed E-state index contributed by atoms with van der Waals surface area (Å²) in [5, 5.41) is 15.1. The first-order chi connectivity index (χ1) is 15.7. The number of aromatic nitrogens is 3. The standard InChI is InChI=1S/C23H27N5O5/c1-23(4-5-23)11-27-17-8-16(25-28(17)22(32)19(20(24)30)21(27)31)15-6-12(15)2-3-18(29)26-9-14-7-13(26)10-33-14/h2-3,8,12-15,32H,4-7,9-11H2,1H3,(H2,24,30)/b3-2+/t12?,13-,14-,15?/m0/s1. The molecule has 0 spiro atoms. The van der Waals surface area contributed by atoms with Gasteiger partial charge in [0.1, 0.15) is 5.65 Å². The molecule has 10 heteroatoms. The first-order valence-electron chi connectivity index (χ1n) is 11.5. The number of ether oxygens (including phenoxy) is 1. The van der Waals surface area contributed by atoms with E-state index < -0.39 is 22.9 Å². The van der Waals surface area contributed by atoms with Crippen LogP contribution < -0.4 is 11.3 Å². The van der Waals surface area contributed by atoms with Crippen LogP contribution in [-0.4, -0.2) is 61.3 Å². The van der Waals surface area contributed by atoms with Crippen LogP contribution >= 0.6 is 0 Å². The first-order valence-corrected chi connectivity index (χ1v) is 11.5. The highest BCUT2D eigenvalue weighted by molar-refractivity contribution is 5.95. The van der Waals surface area contributed by atoms with Crippen molar-refractivity contribution in [1.82, 2.24) is 19.1 Å². The number of allylic oxidation sites excluding steroid dienone is 1. The molecule has 0 radical (unpaired) electrons. The number of likely N-dealkylation sites (tertiary alicyclic amines) is 1. The zero-order valence-corrected chi connectivity index (χ0v) is 18.4. The molecule has 4 fully saturated rings. The van der Waals surface area contributed by atoms with Crippen molar-refractivity contribution in [1.29, 1.82) is 0 Å². The number of amides is 2. The highest BCUT2D eigenvalue weighted by atomic mass is 16.5. The number of rotatable bonds is 6. The Balaban J connectivity index is 1.27. The SMILES string of the molecule is CC1(Cn2c(=O)c(C(N)=O)c(O)n3nc(C4CC4/C=C/C(=O)N4C[C@@H]5C[C@H]4CO5)cc23)CC1. The van der Waals surface area contributed by atoms with Crippen molar-refractivity contribution in [2.45, 2.75) is 57.2 Å². The molecule has 2 saturated heterocycles. The summed E-state index contributed by atoms with van der Waals surface area (Å²) in [4.78, 5) is 39.3. The molecular weight excluding hydrogens is 426 g/mol. The number of nitrogens with two attached hydrogens (primary N) is 1. The molecule has 2 amide bonds. The van der Waals surface area contributed by atoms with Crippen LogP contribution in [0.2, 0.25) is 0 Å². The largest absolute Gasteiger partial charge is 0.492 e. The number of primary amides is 1. The molecule has 2 aromatic rings. The van der Waals surface area contributed by atoms with Gasteiger partial charge < -0.3 is 20.5 Å². The van der Waals surface area contributed by atoms with Crippen molar-refractivity contribution >= 4 is 17.5 Å². The molecule has 2 saturated carbocycles. The van der Waals surface area contributed by atoms with Gasteiger partial charge in [0, 0.05) is 25.1 Å². The maximum atomic E-state index is 13.0. The fraction of sp³-hybridized carbons (Fsp3) is 0.565. The molecule has 4 aliphatic rings. The number of hydrogen-bond acceptors (Lipinski definition) is 6. The minimum absolute atomic E-state index is 0.00802. The van der Waals surface area contributed by atoms with Crippen LogP contribution in [-0.2, 0) is 16.1 Å². The maximum Gasteiger partial charge on any atom is 0.270 e. The van der Waals surface area contributed by atoms with E-state index in [1.807, 2.05) is 11.0 Å². The van der Waals surface area contributed by atoms with Gasteiger partial charge in [-0.15, -0.1) is 0 Å². The third-order valence-electron chi connectivity index (χ3n) is 7.65. The predicted octanol–water partition coefficient (Wildman–Crippen LogP) is 0.760. The number of aromatic hydroxyl groups is 1. The Morgan fingerprint density at radius 2 is 2.15 bits per heavy atom. The lowest BCUT2D eigenvalue weighted by Gasteiger charge is -2.25. The minimum atomic E-state index is -0.974. The third kappa shape index (κ3) is 3.35. The zero-order valence-electron chi connectivity index (χ0n) is 18.4. The number of carbonyl (C=O) groups is 2. The molecule has 33 heavy (non-hydrogen) atoms. The highest BCUT2D eigenvalue weighted by Gasteiger charge is 2.43. The van der Waals surface area contributed by atoms with Gasteiger partial charge in [0.25, 0.3) is 11.5 Å². The van der Waals surface area contributed by atoms with Gasteiger partial charge in [-0.05, 0) is 43.1 Å². The van der Waals surface area contributed by atoms with E-state index in [0.29, 0.717) is 25.3 Å². The van der Waals surface area contributed by atoms with Crippen molar-refractivity contribution < 1.29 is 19.4 Å². The molecule has 2 aromatic heterocycles. The van der Waals surface area contributed by atoms with Crippen molar-refractivity contribution in [2.24, 2.45) is 17.1 Å². The molecular formula is C23H27N5O5. The molecule has 174 valence electrons. The van der Waals surface area contributed by atoms with Gasteiger partial charge in [-0.1, -0.05) is 13.0 Å². The predicted molar refractivity (Wildman–Crippen MR) is 117 cm³/mol. The Morgan fingerprint density at radius 1 is 1.36 bits per heavy atom. The Morgan fingerprint density at radius 3 is 2.79 bits per heavy atom. The molecule has 2 unspecified atom stereocenters. The topological polar surface area (TPSA) is 132 Å². The number of hydrogen-bond donors (Lipinski definition) is 2. The van der Waals surface area contributed by atoms with Gasteiger partial charge in [0.15, 0.2) is 5.56 Å². The zero-order chi connectivity index (χ0) is 23.1. The van der Waals surface area contributed by atoms with Crippen LogP contribution in [0.1, 0.15) is 54.6 Å². The molecule has 2 aliphatic carbocycles. The fourth-order valence-electron chi connectivity index (χ4n) is 5.22. The van der Waals surface area contributed by atoms with Crippen molar-refractivity contribution in [3.8, 4) is 5.88 Å². The van der Waals surface area contributed by atoms with Gasteiger partial charge in [-0.2, -0.15) is 9.61 Å².